The summed E-state index contributed by atoms with van der Waals surface area (Å²) in [5.41, 5.74) is -0.864. The highest BCUT2D eigenvalue weighted by Crippen LogP contribution is 2.31. The van der Waals surface area contributed by atoms with Crippen LogP contribution in [0.3, 0.4) is 0 Å². The standard InChI is InChI=1S/C13H11ClF4N2O/c14-7-1-2-10(21)8(5-7)9-6-11(20-4-3-19-9)13(17,18)12(15)16/h1-2,5-6,12,20-21H,3-4H2. The van der Waals surface area contributed by atoms with Gasteiger partial charge in [0.2, 0.25) is 0 Å². The lowest BCUT2D eigenvalue weighted by atomic mass is 10.1. The van der Waals surface area contributed by atoms with E-state index in [1.807, 2.05) is 0 Å². The molecule has 0 aliphatic carbocycles. The quantitative estimate of drug-likeness (QED) is 0.839. The van der Waals surface area contributed by atoms with Gasteiger partial charge in [0.15, 0.2) is 0 Å². The van der Waals surface area contributed by atoms with Gasteiger partial charge < -0.3 is 10.4 Å². The molecule has 0 amide bonds. The van der Waals surface area contributed by atoms with Crippen LogP contribution < -0.4 is 5.32 Å². The van der Waals surface area contributed by atoms with Gasteiger partial charge in [-0.05, 0) is 24.3 Å². The first-order chi connectivity index (χ1) is 9.82. The number of nitrogens with one attached hydrogen (secondary N) is 1. The van der Waals surface area contributed by atoms with Crippen molar-refractivity contribution in [3.8, 4) is 5.75 Å². The summed E-state index contributed by atoms with van der Waals surface area (Å²) >= 11 is 5.78. The third kappa shape index (κ3) is 3.29. The van der Waals surface area contributed by atoms with Crippen molar-refractivity contribution in [1.82, 2.24) is 5.32 Å². The van der Waals surface area contributed by atoms with Gasteiger partial charge in [-0.2, -0.15) is 8.78 Å². The molecule has 0 bridgehead atoms. The minimum absolute atomic E-state index is 0.0149. The molecule has 1 aliphatic rings. The molecule has 2 rings (SSSR count). The maximum atomic E-state index is 13.5. The van der Waals surface area contributed by atoms with Crippen molar-refractivity contribution in [2.24, 2.45) is 4.99 Å². The minimum atomic E-state index is -4.32. The summed E-state index contributed by atoms with van der Waals surface area (Å²) in [6.45, 7) is 0.0829. The highest BCUT2D eigenvalue weighted by Gasteiger charge is 2.45. The van der Waals surface area contributed by atoms with E-state index in [1.165, 1.54) is 18.2 Å². The molecule has 114 valence electrons. The molecule has 1 aromatic rings. The molecule has 0 atom stereocenters. The van der Waals surface area contributed by atoms with E-state index >= 15 is 0 Å². The average molecular weight is 323 g/mol. The molecule has 3 nitrogen and oxygen atoms in total. The summed E-state index contributed by atoms with van der Waals surface area (Å²) in [6.07, 6.45) is -3.03. The molecular formula is C13H11ClF4N2O. The first kappa shape index (κ1) is 15.6. The SMILES string of the molecule is Oc1ccc(Cl)cc1C1=NCCNC(C(F)(F)C(F)F)=C1. The molecule has 21 heavy (non-hydrogen) atoms. The summed E-state index contributed by atoms with van der Waals surface area (Å²) in [7, 11) is 0. The Kier molecular flexibility index (Phi) is 4.41. The van der Waals surface area contributed by atoms with Crippen LogP contribution in [0.25, 0.3) is 0 Å². The van der Waals surface area contributed by atoms with Crippen molar-refractivity contribution in [3.63, 3.8) is 0 Å². The number of hydrogen-bond donors (Lipinski definition) is 2. The summed E-state index contributed by atoms with van der Waals surface area (Å²) in [5.74, 6) is -4.55. The molecule has 2 N–H and O–H groups in total. The number of hydrogen-bond acceptors (Lipinski definition) is 3. The minimum Gasteiger partial charge on any atom is -0.507 e. The number of allylic oxidation sites excluding steroid dienone is 2. The molecule has 0 radical (unpaired) electrons. The lowest BCUT2D eigenvalue weighted by Gasteiger charge is -2.19. The zero-order valence-electron chi connectivity index (χ0n) is 10.6. The maximum absolute atomic E-state index is 13.5. The van der Waals surface area contributed by atoms with E-state index in [9.17, 15) is 22.7 Å². The summed E-state index contributed by atoms with van der Waals surface area (Å²) in [5, 5.41) is 12.3. The molecular weight excluding hydrogens is 312 g/mol. The summed E-state index contributed by atoms with van der Waals surface area (Å²) in [6, 6.07) is 4.02. The van der Waals surface area contributed by atoms with Gasteiger partial charge in [-0.15, -0.1) is 0 Å². The van der Waals surface area contributed by atoms with E-state index in [0.29, 0.717) is 0 Å². The lowest BCUT2D eigenvalue weighted by molar-refractivity contribution is -0.103. The number of benzene rings is 1. The first-order valence-corrected chi connectivity index (χ1v) is 6.35. The Morgan fingerprint density at radius 2 is 2.05 bits per heavy atom. The predicted octanol–water partition coefficient (Wildman–Crippen LogP) is 3.22. The number of alkyl halides is 4. The zero-order chi connectivity index (χ0) is 15.6. The Morgan fingerprint density at radius 3 is 2.71 bits per heavy atom. The number of nitrogens with zero attached hydrogens (tertiary/aromatic N) is 1. The van der Waals surface area contributed by atoms with Gasteiger partial charge in [0.05, 0.1) is 18.0 Å². The molecule has 0 fully saturated rings. The number of aromatic hydroxyl groups is 1. The average Bonchev–Trinajstić information content (AvgIpc) is 2.67. The van der Waals surface area contributed by atoms with E-state index in [4.69, 9.17) is 11.6 Å². The Bertz CT molecular complexity index is 602. The Balaban J connectivity index is 2.47. The van der Waals surface area contributed by atoms with Crippen LogP contribution in [0.15, 0.2) is 35.0 Å². The topological polar surface area (TPSA) is 44.6 Å². The highest BCUT2D eigenvalue weighted by atomic mass is 35.5. The normalized spacial score (nSPS) is 16.1. The van der Waals surface area contributed by atoms with E-state index in [0.717, 1.165) is 6.08 Å². The van der Waals surface area contributed by atoms with Gasteiger partial charge in [-0.25, -0.2) is 8.78 Å². The van der Waals surface area contributed by atoms with E-state index in [-0.39, 0.29) is 35.1 Å². The Labute approximate surface area is 122 Å². The van der Waals surface area contributed by atoms with Crippen molar-refractivity contribution in [3.05, 3.63) is 40.6 Å². The fourth-order valence-corrected chi connectivity index (χ4v) is 1.98. The molecule has 1 heterocycles. The maximum Gasteiger partial charge on any atom is 0.346 e. The molecule has 0 saturated carbocycles. The smallest absolute Gasteiger partial charge is 0.346 e. The Morgan fingerprint density at radius 1 is 1.33 bits per heavy atom. The molecule has 0 aromatic heterocycles. The fraction of sp³-hybridized carbons (Fsp3) is 0.308. The number of halogens is 5. The second kappa shape index (κ2) is 5.93. The number of rotatable bonds is 3. The second-order valence-electron chi connectivity index (χ2n) is 4.34. The largest absolute Gasteiger partial charge is 0.507 e. The van der Waals surface area contributed by atoms with Crippen LogP contribution >= 0.6 is 11.6 Å². The molecule has 8 heteroatoms. The van der Waals surface area contributed by atoms with Crippen molar-refractivity contribution in [2.75, 3.05) is 13.1 Å². The van der Waals surface area contributed by atoms with Crippen LogP contribution in [-0.4, -0.2) is 36.3 Å². The van der Waals surface area contributed by atoms with Gasteiger partial charge in [0, 0.05) is 17.1 Å². The Hall–Kier alpha value is -1.76. The van der Waals surface area contributed by atoms with Crippen LogP contribution in [0, 0.1) is 0 Å². The van der Waals surface area contributed by atoms with Crippen molar-refractivity contribution >= 4 is 17.3 Å². The van der Waals surface area contributed by atoms with E-state index < -0.39 is 18.0 Å². The van der Waals surface area contributed by atoms with Gasteiger partial charge in [-0.3, -0.25) is 4.99 Å². The number of phenolic OH excluding ortho intramolecular Hbond substituents is 1. The summed E-state index contributed by atoms with van der Waals surface area (Å²) < 4.78 is 51.8. The third-order valence-corrected chi connectivity index (χ3v) is 3.09. The van der Waals surface area contributed by atoms with Gasteiger partial charge in [0.25, 0.3) is 0 Å². The van der Waals surface area contributed by atoms with Gasteiger partial charge in [-0.1, -0.05) is 11.6 Å². The monoisotopic (exact) mass is 322 g/mol. The van der Waals surface area contributed by atoms with Crippen molar-refractivity contribution in [2.45, 2.75) is 12.3 Å². The van der Waals surface area contributed by atoms with Crippen LogP contribution in [0.1, 0.15) is 5.56 Å². The number of aliphatic imine (C=N–C) groups is 1. The van der Waals surface area contributed by atoms with Gasteiger partial charge in [0.1, 0.15) is 5.75 Å². The first-order valence-electron chi connectivity index (χ1n) is 5.97. The third-order valence-electron chi connectivity index (χ3n) is 2.86. The molecule has 1 aromatic carbocycles. The highest BCUT2D eigenvalue weighted by molar-refractivity contribution is 6.31. The van der Waals surface area contributed by atoms with Crippen LogP contribution in [0.5, 0.6) is 5.75 Å². The van der Waals surface area contributed by atoms with Gasteiger partial charge >= 0.3 is 12.3 Å². The number of phenols is 1. The van der Waals surface area contributed by atoms with E-state index in [2.05, 4.69) is 10.3 Å². The van der Waals surface area contributed by atoms with Crippen LogP contribution in [0.2, 0.25) is 5.02 Å². The fourth-order valence-electron chi connectivity index (χ4n) is 1.81. The second-order valence-corrected chi connectivity index (χ2v) is 4.77. The summed E-state index contributed by atoms with van der Waals surface area (Å²) in [4.78, 5) is 4.00. The van der Waals surface area contributed by atoms with Crippen LogP contribution in [-0.2, 0) is 0 Å². The molecule has 1 aliphatic heterocycles. The van der Waals surface area contributed by atoms with Crippen molar-refractivity contribution in [1.29, 1.82) is 0 Å². The van der Waals surface area contributed by atoms with Crippen LogP contribution in [0.4, 0.5) is 17.6 Å². The molecule has 0 saturated heterocycles. The predicted molar refractivity (Wildman–Crippen MR) is 71.6 cm³/mol. The lowest BCUT2D eigenvalue weighted by Crippen LogP contribution is -2.37. The van der Waals surface area contributed by atoms with E-state index in [1.54, 1.807) is 0 Å². The molecule has 0 spiro atoms. The zero-order valence-corrected chi connectivity index (χ0v) is 11.3. The van der Waals surface area contributed by atoms with Crippen molar-refractivity contribution < 1.29 is 22.7 Å². The molecule has 0 unspecified atom stereocenters.